The Hall–Kier alpha value is -1.59. The second-order valence-electron chi connectivity index (χ2n) is 6.70. The summed E-state index contributed by atoms with van der Waals surface area (Å²) in [6.45, 7) is 10.3. The average molecular weight is 302 g/mol. The molecule has 3 rings (SSSR count). The summed E-state index contributed by atoms with van der Waals surface area (Å²) in [6.07, 6.45) is 0. The lowest BCUT2D eigenvalue weighted by molar-refractivity contribution is 0.0318. The van der Waals surface area contributed by atoms with Crippen molar-refractivity contribution in [2.75, 3.05) is 51.6 Å². The number of rotatable bonds is 2. The van der Waals surface area contributed by atoms with Crippen LogP contribution in [0.5, 0.6) is 0 Å². The topological polar surface area (TPSA) is 38.8 Å². The zero-order chi connectivity index (χ0) is 15.7. The van der Waals surface area contributed by atoms with Crippen LogP contribution in [-0.4, -0.2) is 73.1 Å². The number of anilines is 1. The first-order valence-corrected chi connectivity index (χ1v) is 8.08. The molecular weight excluding hydrogens is 276 g/mol. The fourth-order valence-corrected chi connectivity index (χ4v) is 3.29. The first kappa shape index (κ1) is 15.3. The van der Waals surface area contributed by atoms with Gasteiger partial charge in [0.1, 0.15) is 0 Å². The Kier molecular flexibility index (Phi) is 4.36. The zero-order valence-corrected chi connectivity index (χ0v) is 13.8. The maximum absolute atomic E-state index is 12.3. The summed E-state index contributed by atoms with van der Waals surface area (Å²) in [5.41, 5.74) is 3.24. The van der Waals surface area contributed by atoms with Crippen LogP contribution in [0.15, 0.2) is 18.2 Å². The predicted octanol–water partition coefficient (Wildman–Crippen LogP) is 1.77. The minimum absolute atomic E-state index is 0.0235. The summed E-state index contributed by atoms with van der Waals surface area (Å²) in [4.78, 5) is 19.1. The number of piperazine rings is 1. The number of benzene rings is 1. The maximum atomic E-state index is 12.3. The van der Waals surface area contributed by atoms with Gasteiger partial charge in [0.2, 0.25) is 0 Å². The quantitative estimate of drug-likeness (QED) is 0.905. The average Bonchev–Trinajstić information content (AvgIpc) is 2.38. The summed E-state index contributed by atoms with van der Waals surface area (Å²) in [5.74, 6) is 0. The highest BCUT2D eigenvalue weighted by atomic mass is 16.2. The van der Waals surface area contributed by atoms with Crippen molar-refractivity contribution in [3.05, 3.63) is 29.3 Å². The van der Waals surface area contributed by atoms with Crippen molar-refractivity contribution < 1.29 is 4.79 Å². The van der Waals surface area contributed by atoms with Crippen LogP contribution < -0.4 is 5.32 Å². The van der Waals surface area contributed by atoms with Gasteiger partial charge in [-0.3, -0.25) is 4.90 Å². The number of nitrogens with one attached hydrogen (secondary N) is 1. The molecule has 0 aromatic heterocycles. The number of likely N-dealkylation sites (tertiary alicyclic amines) is 1. The van der Waals surface area contributed by atoms with Gasteiger partial charge in [0.05, 0.1) is 0 Å². The van der Waals surface area contributed by atoms with E-state index >= 15 is 0 Å². The van der Waals surface area contributed by atoms with Crippen LogP contribution in [0.3, 0.4) is 0 Å². The first-order chi connectivity index (χ1) is 10.5. The van der Waals surface area contributed by atoms with Crippen molar-refractivity contribution in [3.63, 3.8) is 0 Å². The molecule has 0 unspecified atom stereocenters. The van der Waals surface area contributed by atoms with E-state index in [9.17, 15) is 4.79 Å². The van der Waals surface area contributed by atoms with E-state index in [0.29, 0.717) is 6.04 Å². The van der Waals surface area contributed by atoms with Gasteiger partial charge in [0, 0.05) is 51.0 Å². The molecule has 1 aromatic carbocycles. The molecule has 5 nitrogen and oxygen atoms in total. The highest BCUT2D eigenvalue weighted by Gasteiger charge is 2.35. The van der Waals surface area contributed by atoms with E-state index in [1.165, 1.54) is 11.1 Å². The summed E-state index contributed by atoms with van der Waals surface area (Å²) in [5, 5.41) is 3.02. The number of hydrogen-bond donors (Lipinski definition) is 1. The standard InChI is InChI=1S/C17H26N4O/c1-13-8-14(2)10-15(9-13)18-17(22)21-11-16(12-21)20-6-4-19(3)5-7-20/h8-10,16H,4-7,11-12H2,1-3H3,(H,18,22). The van der Waals surface area contributed by atoms with Crippen molar-refractivity contribution in [2.45, 2.75) is 19.9 Å². The first-order valence-electron chi connectivity index (χ1n) is 8.08. The van der Waals surface area contributed by atoms with Crippen LogP contribution in [0.25, 0.3) is 0 Å². The van der Waals surface area contributed by atoms with Gasteiger partial charge in [0.25, 0.3) is 0 Å². The van der Waals surface area contributed by atoms with Gasteiger partial charge in [-0.25, -0.2) is 4.79 Å². The second kappa shape index (κ2) is 6.26. The molecule has 2 fully saturated rings. The minimum atomic E-state index is 0.0235. The van der Waals surface area contributed by atoms with Crippen LogP contribution >= 0.6 is 0 Å². The molecule has 2 amide bonds. The van der Waals surface area contributed by atoms with Crippen molar-refractivity contribution >= 4 is 11.7 Å². The van der Waals surface area contributed by atoms with Gasteiger partial charge in [-0.2, -0.15) is 0 Å². The monoisotopic (exact) mass is 302 g/mol. The Bertz CT molecular complexity index is 525. The van der Waals surface area contributed by atoms with Crippen LogP contribution in [0.4, 0.5) is 10.5 Å². The fourth-order valence-electron chi connectivity index (χ4n) is 3.29. The van der Waals surface area contributed by atoms with E-state index in [4.69, 9.17) is 0 Å². The van der Waals surface area contributed by atoms with Crippen molar-refractivity contribution in [3.8, 4) is 0 Å². The van der Waals surface area contributed by atoms with Gasteiger partial charge in [0.15, 0.2) is 0 Å². The molecule has 1 N–H and O–H groups in total. The number of nitrogens with zero attached hydrogens (tertiary/aromatic N) is 3. The van der Waals surface area contributed by atoms with Crippen LogP contribution in [0.2, 0.25) is 0 Å². The third-order valence-electron chi connectivity index (χ3n) is 4.68. The maximum Gasteiger partial charge on any atom is 0.321 e. The zero-order valence-electron chi connectivity index (χ0n) is 13.8. The third-order valence-corrected chi connectivity index (χ3v) is 4.68. The molecule has 0 atom stereocenters. The number of urea groups is 1. The lowest BCUT2D eigenvalue weighted by atomic mass is 10.1. The third kappa shape index (κ3) is 3.42. The molecule has 0 saturated carbocycles. The smallest absolute Gasteiger partial charge is 0.321 e. The summed E-state index contributed by atoms with van der Waals surface area (Å²) in [6, 6.07) is 6.71. The summed E-state index contributed by atoms with van der Waals surface area (Å²) < 4.78 is 0. The molecule has 0 aliphatic carbocycles. The highest BCUT2D eigenvalue weighted by molar-refractivity contribution is 5.90. The Morgan fingerprint density at radius 1 is 1.05 bits per heavy atom. The van der Waals surface area contributed by atoms with E-state index in [2.05, 4.69) is 42.1 Å². The van der Waals surface area contributed by atoms with Gasteiger partial charge in [-0.15, -0.1) is 0 Å². The Morgan fingerprint density at radius 3 is 2.23 bits per heavy atom. The Balaban J connectivity index is 1.49. The Labute approximate surface area is 132 Å². The predicted molar refractivity (Wildman–Crippen MR) is 89.4 cm³/mol. The molecule has 2 aliphatic rings. The normalized spacial score (nSPS) is 20.8. The van der Waals surface area contributed by atoms with Crippen LogP contribution in [0.1, 0.15) is 11.1 Å². The van der Waals surface area contributed by atoms with E-state index in [1.807, 2.05) is 17.0 Å². The largest absolute Gasteiger partial charge is 0.321 e. The van der Waals surface area contributed by atoms with Crippen molar-refractivity contribution in [1.29, 1.82) is 0 Å². The number of carbonyl (C=O) groups excluding carboxylic acids is 1. The summed E-state index contributed by atoms with van der Waals surface area (Å²) in [7, 11) is 2.17. The fraction of sp³-hybridized carbons (Fsp3) is 0.588. The van der Waals surface area contributed by atoms with Gasteiger partial charge >= 0.3 is 6.03 Å². The van der Waals surface area contributed by atoms with E-state index in [0.717, 1.165) is 45.0 Å². The molecule has 0 bridgehead atoms. The Morgan fingerprint density at radius 2 is 1.64 bits per heavy atom. The van der Waals surface area contributed by atoms with Crippen molar-refractivity contribution in [1.82, 2.24) is 14.7 Å². The van der Waals surface area contributed by atoms with Crippen molar-refractivity contribution in [2.24, 2.45) is 0 Å². The number of likely N-dealkylation sites (N-methyl/N-ethyl adjacent to an activating group) is 1. The number of amides is 2. The highest BCUT2D eigenvalue weighted by Crippen LogP contribution is 2.19. The minimum Gasteiger partial charge on any atom is -0.321 e. The van der Waals surface area contributed by atoms with E-state index in [-0.39, 0.29) is 6.03 Å². The molecule has 2 heterocycles. The molecule has 0 radical (unpaired) electrons. The lowest BCUT2D eigenvalue weighted by Crippen LogP contribution is -2.64. The number of carbonyl (C=O) groups is 1. The number of hydrogen-bond acceptors (Lipinski definition) is 3. The van der Waals surface area contributed by atoms with Crippen LogP contribution in [-0.2, 0) is 0 Å². The molecule has 1 aromatic rings. The molecule has 2 aliphatic heterocycles. The molecule has 120 valence electrons. The van der Waals surface area contributed by atoms with E-state index < -0.39 is 0 Å². The van der Waals surface area contributed by atoms with Gasteiger partial charge < -0.3 is 15.1 Å². The van der Waals surface area contributed by atoms with Gasteiger partial charge in [-0.1, -0.05) is 6.07 Å². The SMILES string of the molecule is Cc1cc(C)cc(NC(=O)N2CC(N3CCN(C)CC3)C2)c1. The van der Waals surface area contributed by atoms with E-state index in [1.54, 1.807) is 0 Å². The number of aryl methyl sites for hydroxylation is 2. The molecule has 22 heavy (non-hydrogen) atoms. The molecule has 0 spiro atoms. The second-order valence-corrected chi connectivity index (χ2v) is 6.70. The summed E-state index contributed by atoms with van der Waals surface area (Å²) >= 11 is 0. The van der Waals surface area contributed by atoms with Gasteiger partial charge in [-0.05, 0) is 44.2 Å². The molecule has 2 saturated heterocycles. The van der Waals surface area contributed by atoms with Crippen LogP contribution in [0, 0.1) is 13.8 Å². The lowest BCUT2D eigenvalue weighted by Gasteiger charge is -2.47. The molecular formula is C17H26N4O. The molecule has 5 heteroatoms.